The number of aromatic nitrogens is 1. The molecule has 0 amide bonds. The maximum absolute atomic E-state index is 9.90. The summed E-state index contributed by atoms with van der Waals surface area (Å²) in [6.45, 7) is 6.55. The SMILES string of the molecule is OC1C[C@@H]2CN(Cc3cc4ccccc4nc3N3CCOCC3)C[C@@H]2C1. The number of rotatable bonds is 3. The highest BCUT2D eigenvalue weighted by Crippen LogP contribution is 2.39. The van der Waals surface area contributed by atoms with Crippen molar-refractivity contribution in [3.05, 3.63) is 35.9 Å². The molecule has 1 aromatic carbocycles. The van der Waals surface area contributed by atoms with Crippen molar-refractivity contribution in [1.29, 1.82) is 0 Å². The number of morpholine rings is 1. The van der Waals surface area contributed by atoms with Gasteiger partial charge in [-0.2, -0.15) is 0 Å². The van der Waals surface area contributed by atoms with E-state index >= 15 is 0 Å². The van der Waals surface area contributed by atoms with Gasteiger partial charge in [-0.3, -0.25) is 4.90 Å². The lowest BCUT2D eigenvalue weighted by molar-refractivity contribution is 0.122. The van der Waals surface area contributed by atoms with E-state index in [4.69, 9.17) is 9.72 Å². The van der Waals surface area contributed by atoms with Crippen molar-refractivity contribution in [3.63, 3.8) is 0 Å². The van der Waals surface area contributed by atoms with Gasteiger partial charge in [0.25, 0.3) is 0 Å². The molecule has 1 N–H and O–H groups in total. The molecule has 138 valence electrons. The molecule has 26 heavy (non-hydrogen) atoms. The van der Waals surface area contributed by atoms with Gasteiger partial charge in [-0.15, -0.1) is 0 Å². The lowest BCUT2D eigenvalue weighted by Crippen LogP contribution is -2.38. The summed E-state index contributed by atoms with van der Waals surface area (Å²) in [7, 11) is 0. The van der Waals surface area contributed by atoms with Gasteiger partial charge in [-0.05, 0) is 36.8 Å². The predicted molar refractivity (Wildman–Crippen MR) is 102 cm³/mol. The summed E-state index contributed by atoms with van der Waals surface area (Å²) in [5.41, 5.74) is 2.39. The fraction of sp³-hybridized carbons (Fsp3) is 0.571. The first kappa shape index (κ1) is 16.5. The fourth-order valence-corrected chi connectivity index (χ4v) is 5.05. The van der Waals surface area contributed by atoms with Crippen LogP contribution in [0.5, 0.6) is 0 Å². The number of likely N-dealkylation sites (tertiary alicyclic amines) is 1. The number of ether oxygens (including phenoxy) is 1. The minimum Gasteiger partial charge on any atom is -0.393 e. The number of aliphatic hydroxyl groups excluding tert-OH is 1. The van der Waals surface area contributed by atoms with Crippen molar-refractivity contribution < 1.29 is 9.84 Å². The summed E-state index contributed by atoms with van der Waals surface area (Å²) in [5.74, 6) is 2.47. The van der Waals surface area contributed by atoms with Gasteiger partial charge in [0.1, 0.15) is 5.82 Å². The lowest BCUT2D eigenvalue weighted by atomic mass is 10.0. The Hall–Kier alpha value is -1.69. The third-order valence-electron chi connectivity index (χ3n) is 6.29. The number of aliphatic hydroxyl groups is 1. The largest absolute Gasteiger partial charge is 0.393 e. The van der Waals surface area contributed by atoms with E-state index in [2.05, 4.69) is 40.1 Å². The highest BCUT2D eigenvalue weighted by molar-refractivity contribution is 5.81. The van der Waals surface area contributed by atoms with Crippen LogP contribution in [0.4, 0.5) is 5.82 Å². The summed E-state index contributed by atoms with van der Waals surface area (Å²) in [6.07, 6.45) is 1.89. The van der Waals surface area contributed by atoms with E-state index in [1.54, 1.807) is 0 Å². The van der Waals surface area contributed by atoms with Gasteiger partial charge in [0, 0.05) is 43.7 Å². The Balaban J connectivity index is 1.43. The first-order valence-corrected chi connectivity index (χ1v) is 9.88. The Bertz CT molecular complexity index is 776. The van der Waals surface area contributed by atoms with Crippen LogP contribution in [0, 0.1) is 11.8 Å². The van der Waals surface area contributed by atoms with Gasteiger partial charge in [0.15, 0.2) is 0 Å². The van der Waals surface area contributed by atoms with Crippen LogP contribution in [-0.4, -0.2) is 60.5 Å². The van der Waals surface area contributed by atoms with Crippen molar-refractivity contribution in [1.82, 2.24) is 9.88 Å². The van der Waals surface area contributed by atoms with E-state index in [-0.39, 0.29) is 6.10 Å². The highest BCUT2D eigenvalue weighted by atomic mass is 16.5. The molecule has 1 aromatic heterocycles. The van der Waals surface area contributed by atoms with Crippen LogP contribution < -0.4 is 4.90 Å². The molecule has 3 atom stereocenters. The van der Waals surface area contributed by atoms with Crippen LogP contribution in [0.2, 0.25) is 0 Å². The van der Waals surface area contributed by atoms with E-state index in [0.29, 0.717) is 11.8 Å². The zero-order valence-electron chi connectivity index (χ0n) is 15.2. The number of anilines is 1. The van der Waals surface area contributed by atoms with Gasteiger partial charge >= 0.3 is 0 Å². The molecule has 2 aromatic rings. The summed E-state index contributed by atoms with van der Waals surface area (Å²) in [5, 5.41) is 11.1. The first-order chi connectivity index (χ1) is 12.8. The normalized spacial score (nSPS) is 29.4. The Kier molecular flexibility index (Phi) is 4.31. The van der Waals surface area contributed by atoms with Crippen LogP contribution >= 0.6 is 0 Å². The Morgan fingerprint density at radius 2 is 1.81 bits per heavy atom. The Labute approximate surface area is 154 Å². The molecule has 5 heteroatoms. The molecule has 1 unspecified atom stereocenters. The van der Waals surface area contributed by atoms with Crippen molar-refractivity contribution in [2.45, 2.75) is 25.5 Å². The topological polar surface area (TPSA) is 48.8 Å². The number of hydrogen-bond acceptors (Lipinski definition) is 5. The third kappa shape index (κ3) is 3.08. The van der Waals surface area contributed by atoms with E-state index in [9.17, 15) is 5.11 Å². The average Bonchev–Trinajstić information content (AvgIpc) is 3.18. The highest BCUT2D eigenvalue weighted by Gasteiger charge is 2.40. The summed E-state index contributed by atoms with van der Waals surface area (Å²) >= 11 is 0. The first-order valence-electron chi connectivity index (χ1n) is 9.88. The monoisotopic (exact) mass is 353 g/mol. The zero-order valence-corrected chi connectivity index (χ0v) is 15.2. The van der Waals surface area contributed by atoms with E-state index in [1.165, 1.54) is 10.9 Å². The number of pyridine rings is 1. The van der Waals surface area contributed by atoms with Crippen molar-refractivity contribution in [2.24, 2.45) is 11.8 Å². The number of nitrogens with zero attached hydrogens (tertiary/aromatic N) is 3. The molecule has 5 nitrogen and oxygen atoms in total. The number of para-hydroxylation sites is 1. The molecule has 0 spiro atoms. The molecule has 1 aliphatic carbocycles. The summed E-state index contributed by atoms with van der Waals surface area (Å²) in [4.78, 5) is 9.98. The summed E-state index contributed by atoms with van der Waals surface area (Å²) in [6, 6.07) is 10.7. The second kappa shape index (κ2) is 6.80. The molecule has 1 saturated carbocycles. The molecule has 5 rings (SSSR count). The third-order valence-corrected chi connectivity index (χ3v) is 6.29. The van der Waals surface area contributed by atoms with Crippen LogP contribution in [0.15, 0.2) is 30.3 Å². The van der Waals surface area contributed by atoms with Gasteiger partial charge < -0.3 is 14.7 Å². The molecule has 3 heterocycles. The zero-order chi connectivity index (χ0) is 17.5. The average molecular weight is 353 g/mol. The van der Waals surface area contributed by atoms with Gasteiger partial charge in [0.05, 0.1) is 24.8 Å². The van der Waals surface area contributed by atoms with Crippen molar-refractivity contribution in [2.75, 3.05) is 44.3 Å². The minimum absolute atomic E-state index is 0.0709. The van der Waals surface area contributed by atoms with E-state index < -0.39 is 0 Å². The van der Waals surface area contributed by atoms with Gasteiger partial charge in [-0.25, -0.2) is 4.98 Å². The van der Waals surface area contributed by atoms with Crippen LogP contribution in [-0.2, 0) is 11.3 Å². The fourth-order valence-electron chi connectivity index (χ4n) is 5.05. The number of hydrogen-bond donors (Lipinski definition) is 1. The van der Waals surface area contributed by atoms with E-state index in [0.717, 1.165) is 70.1 Å². The van der Waals surface area contributed by atoms with Crippen molar-refractivity contribution in [3.8, 4) is 0 Å². The molecular weight excluding hydrogens is 326 g/mol. The standard InChI is InChI=1S/C21H27N3O2/c25-19-10-16-12-23(13-17(16)11-19)14-18-9-15-3-1-2-4-20(15)22-21(18)24-5-7-26-8-6-24/h1-4,9,16-17,19,25H,5-8,10-14H2/t16-,17+,19?. The molecule has 2 aliphatic heterocycles. The maximum Gasteiger partial charge on any atom is 0.133 e. The molecule has 3 aliphatic rings. The Morgan fingerprint density at radius 3 is 2.58 bits per heavy atom. The lowest BCUT2D eigenvalue weighted by Gasteiger charge is -2.31. The van der Waals surface area contributed by atoms with E-state index in [1.807, 2.05) is 0 Å². The predicted octanol–water partition coefficient (Wildman–Crippen LogP) is 2.27. The Morgan fingerprint density at radius 1 is 1.08 bits per heavy atom. The van der Waals surface area contributed by atoms with Crippen LogP contribution in [0.25, 0.3) is 10.9 Å². The van der Waals surface area contributed by atoms with Crippen LogP contribution in [0.1, 0.15) is 18.4 Å². The van der Waals surface area contributed by atoms with Gasteiger partial charge in [-0.1, -0.05) is 18.2 Å². The number of benzene rings is 1. The quantitative estimate of drug-likeness (QED) is 0.917. The molecule has 3 fully saturated rings. The second-order valence-corrected chi connectivity index (χ2v) is 8.10. The molecular formula is C21H27N3O2. The molecule has 0 radical (unpaired) electrons. The maximum atomic E-state index is 9.90. The molecule has 2 saturated heterocycles. The summed E-state index contributed by atoms with van der Waals surface area (Å²) < 4.78 is 5.54. The second-order valence-electron chi connectivity index (χ2n) is 8.10. The smallest absolute Gasteiger partial charge is 0.133 e. The minimum atomic E-state index is -0.0709. The van der Waals surface area contributed by atoms with Crippen LogP contribution in [0.3, 0.4) is 0 Å². The van der Waals surface area contributed by atoms with Crippen molar-refractivity contribution >= 4 is 16.7 Å². The molecule has 0 bridgehead atoms. The number of fused-ring (bicyclic) bond motifs is 2. The van der Waals surface area contributed by atoms with Gasteiger partial charge in [0.2, 0.25) is 0 Å².